The van der Waals surface area contributed by atoms with Crippen LogP contribution in [0.3, 0.4) is 0 Å². The molecule has 0 heterocycles. The lowest BCUT2D eigenvalue weighted by Crippen LogP contribution is -1.97. The van der Waals surface area contributed by atoms with E-state index in [1.807, 2.05) is 0 Å². The molecule has 0 aromatic rings. The Kier molecular flexibility index (Phi) is 69.5. The monoisotopic (exact) mass is 273 g/mol. The molecule has 0 aromatic heterocycles. The molecular weight excluding hydrogens is 256 g/mol. The van der Waals surface area contributed by atoms with Crippen molar-refractivity contribution in [2.75, 3.05) is 37.3 Å². The van der Waals surface area contributed by atoms with Crippen LogP contribution in [0.2, 0.25) is 0 Å². The molecule has 0 spiro atoms. The lowest BCUT2D eigenvalue weighted by atomic mass is 10.8. The van der Waals surface area contributed by atoms with E-state index < -0.39 is 0 Å². The van der Waals surface area contributed by atoms with Crippen LogP contribution in [0.4, 0.5) is 0 Å². The molecular formula is C6H19Cl4N3. The third-order valence-electron chi connectivity index (χ3n) is 0.327. The van der Waals surface area contributed by atoms with Gasteiger partial charge in [-0.2, -0.15) is 0 Å². The number of hydrogen-bond donors (Lipinski definition) is 3. The van der Waals surface area contributed by atoms with Crippen molar-refractivity contribution in [2.45, 2.75) is 0 Å². The minimum absolute atomic E-state index is 0. The standard InChI is InChI=1S/3C2H6ClN.ClH/c3*3-1-2-4;/h3*1-2,4H2;1H. The summed E-state index contributed by atoms with van der Waals surface area (Å²) in [7, 11) is 0. The van der Waals surface area contributed by atoms with Crippen molar-refractivity contribution in [3.05, 3.63) is 0 Å². The molecule has 0 fully saturated rings. The summed E-state index contributed by atoms with van der Waals surface area (Å²) in [5, 5.41) is 0. The van der Waals surface area contributed by atoms with Crippen LogP contribution in [0.25, 0.3) is 0 Å². The highest BCUT2D eigenvalue weighted by Crippen LogP contribution is 1.61. The van der Waals surface area contributed by atoms with Crippen molar-refractivity contribution in [3.8, 4) is 0 Å². The van der Waals surface area contributed by atoms with E-state index in [-0.39, 0.29) is 12.4 Å². The Morgan fingerprint density at radius 3 is 0.692 bits per heavy atom. The summed E-state index contributed by atoms with van der Waals surface area (Å²) in [5.74, 6) is 1.71. The first kappa shape index (κ1) is 23.7. The maximum atomic E-state index is 5.06. The third kappa shape index (κ3) is 97.4. The van der Waals surface area contributed by atoms with Gasteiger partial charge in [-0.1, -0.05) is 0 Å². The first-order valence-corrected chi connectivity index (χ1v) is 5.13. The first-order valence-electron chi connectivity index (χ1n) is 3.53. The molecule has 0 saturated carbocycles. The summed E-state index contributed by atoms with van der Waals surface area (Å²) in [6.07, 6.45) is 0. The Morgan fingerprint density at radius 2 is 0.692 bits per heavy atom. The highest BCUT2D eigenvalue weighted by Gasteiger charge is 1.59. The SMILES string of the molecule is Cl.NCCCl.NCCCl.NCCCl. The third-order valence-corrected chi connectivity index (χ3v) is 0.982. The number of alkyl halides is 3. The summed E-state index contributed by atoms with van der Waals surface area (Å²) in [6.45, 7) is 1.75. The second-order valence-corrected chi connectivity index (χ2v) is 2.57. The molecule has 0 bridgehead atoms. The zero-order valence-electron chi connectivity index (χ0n) is 7.52. The minimum Gasteiger partial charge on any atom is -0.329 e. The predicted octanol–water partition coefficient (Wildman–Crippen LogP) is 0.974. The van der Waals surface area contributed by atoms with Gasteiger partial charge in [0.05, 0.1) is 0 Å². The second-order valence-electron chi connectivity index (χ2n) is 1.43. The van der Waals surface area contributed by atoms with Gasteiger partial charge in [0.1, 0.15) is 0 Å². The molecule has 86 valence electrons. The lowest BCUT2D eigenvalue weighted by Gasteiger charge is -1.68. The van der Waals surface area contributed by atoms with Crippen LogP contribution >= 0.6 is 47.2 Å². The number of hydrogen-bond acceptors (Lipinski definition) is 3. The van der Waals surface area contributed by atoms with Gasteiger partial charge < -0.3 is 17.2 Å². The lowest BCUT2D eigenvalue weighted by molar-refractivity contribution is 1.14. The van der Waals surface area contributed by atoms with Gasteiger partial charge in [-0.25, -0.2) is 0 Å². The van der Waals surface area contributed by atoms with Crippen molar-refractivity contribution < 1.29 is 0 Å². The molecule has 7 heteroatoms. The van der Waals surface area contributed by atoms with Crippen molar-refractivity contribution in [1.29, 1.82) is 0 Å². The van der Waals surface area contributed by atoms with E-state index in [0.29, 0.717) is 37.3 Å². The largest absolute Gasteiger partial charge is 0.329 e. The molecule has 0 rings (SSSR count). The van der Waals surface area contributed by atoms with E-state index in [0.717, 1.165) is 0 Å². The van der Waals surface area contributed by atoms with E-state index in [2.05, 4.69) is 0 Å². The Labute approximate surface area is 102 Å². The van der Waals surface area contributed by atoms with Gasteiger partial charge in [-0.3, -0.25) is 0 Å². The number of rotatable bonds is 3. The van der Waals surface area contributed by atoms with Crippen molar-refractivity contribution in [3.63, 3.8) is 0 Å². The zero-order chi connectivity index (χ0) is 10.2. The highest BCUT2D eigenvalue weighted by atomic mass is 35.5. The smallest absolute Gasteiger partial charge is 0.0346 e. The van der Waals surface area contributed by atoms with E-state index in [9.17, 15) is 0 Å². The molecule has 0 amide bonds. The number of halogens is 4. The van der Waals surface area contributed by atoms with E-state index in [1.165, 1.54) is 0 Å². The summed E-state index contributed by atoms with van der Waals surface area (Å²) in [5.41, 5.74) is 14.7. The molecule has 13 heavy (non-hydrogen) atoms. The van der Waals surface area contributed by atoms with Crippen molar-refractivity contribution >= 4 is 47.2 Å². The summed E-state index contributed by atoms with van der Waals surface area (Å²) in [4.78, 5) is 0. The van der Waals surface area contributed by atoms with E-state index >= 15 is 0 Å². The molecule has 0 aliphatic rings. The molecule has 0 radical (unpaired) electrons. The molecule has 0 saturated heterocycles. The maximum Gasteiger partial charge on any atom is 0.0346 e. The van der Waals surface area contributed by atoms with Gasteiger partial charge in [0.2, 0.25) is 0 Å². The van der Waals surface area contributed by atoms with Crippen LogP contribution in [0.5, 0.6) is 0 Å². The van der Waals surface area contributed by atoms with Crippen LogP contribution in [-0.4, -0.2) is 37.3 Å². The molecule has 0 aliphatic carbocycles. The quantitative estimate of drug-likeness (QED) is 0.672. The van der Waals surface area contributed by atoms with Crippen LogP contribution in [0.1, 0.15) is 0 Å². The van der Waals surface area contributed by atoms with E-state index in [4.69, 9.17) is 52.0 Å². The minimum atomic E-state index is 0. The fraction of sp³-hybridized carbons (Fsp3) is 1.00. The van der Waals surface area contributed by atoms with E-state index in [1.54, 1.807) is 0 Å². The normalized spacial score (nSPS) is 6.92. The average molecular weight is 275 g/mol. The fourth-order valence-electron chi connectivity index (χ4n) is 0. The Morgan fingerprint density at radius 1 is 0.615 bits per heavy atom. The topological polar surface area (TPSA) is 78.1 Å². The molecule has 0 aliphatic heterocycles. The van der Waals surface area contributed by atoms with Crippen LogP contribution in [0, 0.1) is 0 Å². The Balaban J connectivity index is -0.0000000450. The van der Waals surface area contributed by atoms with Crippen molar-refractivity contribution in [2.24, 2.45) is 17.2 Å². The highest BCUT2D eigenvalue weighted by molar-refractivity contribution is 6.18. The maximum absolute atomic E-state index is 5.06. The summed E-state index contributed by atoms with van der Waals surface area (Å²) >= 11 is 15.2. The zero-order valence-corrected chi connectivity index (χ0v) is 10.6. The van der Waals surface area contributed by atoms with Crippen LogP contribution in [-0.2, 0) is 0 Å². The summed E-state index contributed by atoms with van der Waals surface area (Å²) in [6, 6.07) is 0. The van der Waals surface area contributed by atoms with Gasteiger partial charge in [0.25, 0.3) is 0 Å². The molecule has 0 aromatic carbocycles. The molecule has 6 N–H and O–H groups in total. The average Bonchev–Trinajstić information content (AvgIpc) is 2.18. The molecule has 0 unspecified atom stereocenters. The van der Waals surface area contributed by atoms with Crippen LogP contribution < -0.4 is 17.2 Å². The van der Waals surface area contributed by atoms with Gasteiger partial charge in [0.15, 0.2) is 0 Å². The number of nitrogens with two attached hydrogens (primary N) is 3. The molecule has 3 nitrogen and oxygen atoms in total. The van der Waals surface area contributed by atoms with Gasteiger partial charge in [0, 0.05) is 37.3 Å². The summed E-state index contributed by atoms with van der Waals surface area (Å²) < 4.78 is 0. The fourth-order valence-corrected chi connectivity index (χ4v) is 0. The first-order chi connectivity index (χ1) is 5.74. The predicted molar refractivity (Wildman–Crippen MR) is 66.6 cm³/mol. The second kappa shape index (κ2) is 38.1. The van der Waals surface area contributed by atoms with Gasteiger partial charge in [-0.05, 0) is 0 Å². The van der Waals surface area contributed by atoms with Gasteiger partial charge >= 0.3 is 0 Å². The van der Waals surface area contributed by atoms with Crippen molar-refractivity contribution in [1.82, 2.24) is 0 Å². The van der Waals surface area contributed by atoms with Crippen LogP contribution in [0.15, 0.2) is 0 Å². The Bertz CT molecular complexity index is 35.4. The Hall–Kier alpha value is 1.04. The van der Waals surface area contributed by atoms with Gasteiger partial charge in [-0.15, -0.1) is 47.2 Å². The molecule has 0 atom stereocenters.